The molecule has 2 fully saturated rings. The quantitative estimate of drug-likeness (QED) is 0.921. The minimum atomic E-state index is 0.370. The molecule has 2 atom stereocenters. The van der Waals surface area contributed by atoms with Gasteiger partial charge in [-0.3, -0.25) is 9.80 Å². The molecule has 0 aromatic heterocycles. The fourth-order valence-electron chi connectivity index (χ4n) is 3.98. The van der Waals surface area contributed by atoms with Crippen LogP contribution < -0.4 is 0 Å². The van der Waals surface area contributed by atoms with Crippen LogP contribution in [0.3, 0.4) is 0 Å². The number of rotatable bonds is 4. The lowest BCUT2D eigenvalue weighted by molar-refractivity contribution is 0.0275. The summed E-state index contributed by atoms with van der Waals surface area (Å²) in [5, 5.41) is 9.60. The monoisotopic (exact) mass is 288 g/mol. The molecule has 1 aromatic rings. The second-order valence-electron chi connectivity index (χ2n) is 6.59. The first-order valence-electron chi connectivity index (χ1n) is 8.48. The highest BCUT2D eigenvalue weighted by molar-refractivity contribution is 5.14. The van der Waals surface area contributed by atoms with Crippen molar-refractivity contribution in [3.8, 4) is 0 Å². The van der Waals surface area contributed by atoms with Crippen LogP contribution in [-0.2, 0) is 6.54 Å². The topological polar surface area (TPSA) is 26.7 Å². The largest absolute Gasteiger partial charge is 0.396 e. The van der Waals surface area contributed by atoms with Crippen molar-refractivity contribution in [1.82, 2.24) is 9.80 Å². The summed E-state index contributed by atoms with van der Waals surface area (Å²) in [6.45, 7) is 6.08. The smallest absolute Gasteiger partial charge is 0.0474 e. The van der Waals surface area contributed by atoms with Crippen LogP contribution in [0.15, 0.2) is 30.3 Å². The maximum absolute atomic E-state index is 9.60. The molecule has 0 bridgehead atoms. The Hall–Kier alpha value is -0.900. The van der Waals surface area contributed by atoms with E-state index in [4.69, 9.17) is 0 Å². The average Bonchev–Trinajstić information content (AvgIpc) is 2.56. The van der Waals surface area contributed by atoms with Crippen molar-refractivity contribution in [3.05, 3.63) is 35.9 Å². The first-order valence-corrected chi connectivity index (χ1v) is 8.48. The Morgan fingerprint density at radius 3 is 2.38 bits per heavy atom. The Labute approximate surface area is 128 Å². The van der Waals surface area contributed by atoms with Gasteiger partial charge in [0.25, 0.3) is 0 Å². The number of nitrogens with zero attached hydrogens (tertiary/aromatic N) is 2. The Morgan fingerprint density at radius 2 is 1.67 bits per heavy atom. The van der Waals surface area contributed by atoms with E-state index in [2.05, 4.69) is 40.1 Å². The molecule has 2 aliphatic rings. The molecule has 3 heteroatoms. The highest BCUT2D eigenvalue weighted by atomic mass is 16.3. The Kier molecular flexibility index (Phi) is 5.28. The summed E-state index contributed by atoms with van der Waals surface area (Å²) in [6.07, 6.45) is 5.14. The van der Waals surface area contributed by atoms with Crippen molar-refractivity contribution >= 4 is 0 Å². The van der Waals surface area contributed by atoms with E-state index in [9.17, 15) is 5.11 Å². The highest BCUT2D eigenvalue weighted by Gasteiger charge is 2.31. The molecule has 0 spiro atoms. The van der Waals surface area contributed by atoms with Gasteiger partial charge in [-0.1, -0.05) is 43.2 Å². The SMILES string of the molecule is OC[C@@H]1CCCC[C@@H]1N1CCN(Cc2ccccc2)CC1. The van der Waals surface area contributed by atoms with Gasteiger partial charge in [-0.05, 0) is 24.3 Å². The third-order valence-electron chi connectivity index (χ3n) is 5.23. The van der Waals surface area contributed by atoms with Gasteiger partial charge in [0, 0.05) is 45.4 Å². The zero-order chi connectivity index (χ0) is 14.5. The zero-order valence-corrected chi connectivity index (χ0v) is 13.0. The molecule has 0 amide bonds. The number of aliphatic hydroxyl groups is 1. The molecule has 21 heavy (non-hydrogen) atoms. The van der Waals surface area contributed by atoms with Crippen LogP contribution in [0.2, 0.25) is 0 Å². The molecule has 1 aliphatic carbocycles. The van der Waals surface area contributed by atoms with E-state index >= 15 is 0 Å². The molecule has 1 N–H and O–H groups in total. The third-order valence-corrected chi connectivity index (χ3v) is 5.23. The summed E-state index contributed by atoms with van der Waals surface area (Å²) in [7, 11) is 0. The van der Waals surface area contributed by atoms with Crippen LogP contribution in [0.4, 0.5) is 0 Å². The molecule has 3 nitrogen and oxygen atoms in total. The minimum absolute atomic E-state index is 0.370. The van der Waals surface area contributed by atoms with Gasteiger partial charge in [0.05, 0.1) is 0 Å². The van der Waals surface area contributed by atoms with Gasteiger partial charge in [0.2, 0.25) is 0 Å². The van der Waals surface area contributed by atoms with Crippen LogP contribution in [0.5, 0.6) is 0 Å². The minimum Gasteiger partial charge on any atom is -0.396 e. The van der Waals surface area contributed by atoms with Crippen molar-refractivity contribution < 1.29 is 5.11 Å². The lowest BCUT2D eigenvalue weighted by Gasteiger charge is -2.44. The van der Waals surface area contributed by atoms with E-state index in [1.807, 2.05) is 0 Å². The average molecular weight is 288 g/mol. The van der Waals surface area contributed by atoms with Gasteiger partial charge < -0.3 is 5.11 Å². The molecule has 116 valence electrons. The van der Waals surface area contributed by atoms with Crippen LogP contribution >= 0.6 is 0 Å². The second-order valence-corrected chi connectivity index (χ2v) is 6.59. The molecule has 1 saturated heterocycles. The molecule has 0 unspecified atom stereocenters. The van der Waals surface area contributed by atoms with E-state index in [-0.39, 0.29) is 0 Å². The maximum atomic E-state index is 9.60. The first kappa shape index (κ1) is 15.0. The van der Waals surface area contributed by atoms with Crippen molar-refractivity contribution in [2.24, 2.45) is 5.92 Å². The van der Waals surface area contributed by atoms with Crippen LogP contribution in [-0.4, -0.2) is 53.7 Å². The van der Waals surface area contributed by atoms with Crippen molar-refractivity contribution in [2.75, 3.05) is 32.8 Å². The second kappa shape index (κ2) is 7.39. The standard InChI is InChI=1S/C18H28N2O/c21-15-17-8-4-5-9-18(17)20-12-10-19(11-13-20)14-16-6-2-1-3-7-16/h1-3,6-7,17-18,21H,4-5,8-15H2/t17-,18-/m0/s1. The zero-order valence-electron chi connectivity index (χ0n) is 13.0. The lowest BCUT2D eigenvalue weighted by Crippen LogP contribution is -2.53. The number of hydrogen-bond donors (Lipinski definition) is 1. The highest BCUT2D eigenvalue weighted by Crippen LogP contribution is 2.29. The molecule has 1 heterocycles. The predicted octanol–water partition coefficient (Wildman–Crippen LogP) is 2.36. The number of piperazine rings is 1. The van der Waals surface area contributed by atoms with Crippen LogP contribution in [0, 0.1) is 5.92 Å². The molecule has 3 rings (SSSR count). The summed E-state index contributed by atoms with van der Waals surface area (Å²) in [4.78, 5) is 5.20. The van der Waals surface area contributed by atoms with E-state index in [0.717, 1.165) is 32.7 Å². The van der Waals surface area contributed by atoms with Crippen LogP contribution in [0.25, 0.3) is 0 Å². The van der Waals surface area contributed by atoms with Crippen molar-refractivity contribution in [2.45, 2.75) is 38.3 Å². The molecular weight excluding hydrogens is 260 g/mol. The summed E-state index contributed by atoms with van der Waals surface area (Å²) in [6, 6.07) is 11.4. The Balaban J connectivity index is 1.50. The fraction of sp³-hybridized carbons (Fsp3) is 0.667. The van der Waals surface area contributed by atoms with Gasteiger partial charge in [-0.25, -0.2) is 0 Å². The normalized spacial score (nSPS) is 28.6. The predicted molar refractivity (Wildman–Crippen MR) is 86.1 cm³/mol. The summed E-state index contributed by atoms with van der Waals surface area (Å²) in [5.41, 5.74) is 1.41. The van der Waals surface area contributed by atoms with Crippen molar-refractivity contribution in [1.29, 1.82) is 0 Å². The number of aliphatic hydroxyl groups excluding tert-OH is 1. The van der Waals surface area contributed by atoms with E-state index < -0.39 is 0 Å². The Bertz CT molecular complexity index is 414. The number of hydrogen-bond acceptors (Lipinski definition) is 3. The maximum Gasteiger partial charge on any atom is 0.0474 e. The van der Waals surface area contributed by atoms with Gasteiger partial charge in [-0.15, -0.1) is 0 Å². The van der Waals surface area contributed by atoms with E-state index in [0.29, 0.717) is 18.6 Å². The van der Waals surface area contributed by atoms with Gasteiger partial charge in [0.15, 0.2) is 0 Å². The Morgan fingerprint density at radius 1 is 0.952 bits per heavy atom. The number of benzene rings is 1. The van der Waals surface area contributed by atoms with Gasteiger partial charge in [-0.2, -0.15) is 0 Å². The van der Waals surface area contributed by atoms with E-state index in [1.165, 1.54) is 31.2 Å². The van der Waals surface area contributed by atoms with Crippen molar-refractivity contribution in [3.63, 3.8) is 0 Å². The molecule has 0 radical (unpaired) electrons. The first-order chi connectivity index (χ1) is 10.4. The fourth-order valence-corrected chi connectivity index (χ4v) is 3.98. The molecule has 1 aliphatic heterocycles. The van der Waals surface area contributed by atoms with Gasteiger partial charge in [0.1, 0.15) is 0 Å². The lowest BCUT2D eigenvalue weighted by atomic mass is 9.84. The van der Waals surface area contributed by atoms with Crippen LogP contribution in [0.1, 0.15) is 31.2 Å². The van der Waals surface area contributed by atoms with E-state index in [1.54, 1.807) is 0 Å². The summed E-state index contributed by atoms with van der Waals surface area (Å²) < 4.78 is 0. The third kappa shape index (κ3) is 3.85. The summed E-state index contributed by atoms with van der Waals surface area (Å²) in [5.74, 6) is 0.513. The molecular formula is C18H28N2O. The summed E-state index contributed by atoms with van der Waals surface area (Å²) >= 11 is 0. The van der Waals surface area contributed by atoms with Gasteiger partial charge >= 0.3 is 0 Å². The molecule has 1 saturated carbocycles. The molecule has 1 aromatic carbocycles.